The summed E-state index contributed by atoms with van der Waals surface area (Å²) >= 11 is 0. The Kier molecular flexibility index (Phi) is 10.7. The van der Waals surface area contributed by atoms with Gasteiger partial charge in [-0.3, -0.25) is 29.9 Å². The average molecular weight is 661 g/mol. The fourth-order valence-electron chi connectivity index (χ4n) is 2.07. The summed E-state index contributed by atoms with van der Waals surface area (Å²) in [4.78, 5) is 68.0. The Hall–Kier alpha value is -4.50. The fraction of sp³-hybridized carbons (Fsp3) is 0. The van der Waals surface area contributed by atoms with E-state index in [0.29, 0.717) is 0 Å². The molecule has 2 aromatic carbocycles. The van der Waals surface area contributed by atoms with E-state index in [2.05, 4.69) is 9.68 Å². The van der Waals surface area contributed by atoms with E-state index >= 15 is 0 Å². The number of carbonyl (C=O) groups excluding carboxylic acids is 2. The molecule has 0 N–H and O–H groups in total. The van der Waals surface area contributed by atoms with Gasteiger partial charge in [0, 0.05) is 12.1 Å². The monoisotopic (exact) mass is 662 g/mol. The van der Waals surface area contributed by atoms with Crippen LogP contribution in [0, 0.1) is 40.5 Å². The molecule has 0 aliphatic rings. The van der Waals surface area contributed by atoms with Gasteiger partial charge in [-0.25, -0.2) is 0 Å². The van der Waals surface area contributed by atoms with Gasteiger partial charge in [-0.2, -0.15) is 0 Å². The Balaban J connectivity index is 0.000000602. The Morgan fingerprint density at radius 3 is 1.15 bits per heavy atom. The molecule has 18 nitrogen and oxygen atoms in total. The first-order valence-electron chi connectivity index (χ1n) is 7.49. The smallest absolute Gasteiger partial charge is 0.544 e. The van der Waals surface area contributed by atoms with Crippen molar-refractivity contribution in [3.05, 3.63) is 88.0 Å². The molecule has 0 aliphatic heterocycles. The summed E-state index contributed by atoms with van der Waals surface area (Å²) < 4.78 is 0. The third kappa shape index (κ3) is 7.93. The third-order valence-electron chi connectivity index (χ3n) is 3.16. The molecule has 0 atom stereocenters. The number of nitro groups is 2. The van der Waals surface area contributed by atoms with Gasteiger partial charge < -0.3 is 19.8 Å². The molecule has 2 radical (unpaired) electrons. The average Bonchev–Trinajstić information content (AvgIpc) is 2.66. The first kappa shape index (κ1) is 28.5. The van der Waals surface area contributed by atoms with E-state index in [9.17, 15) is 60.3 Å². The van der Waals surface area contributed by atoms with Crippen molar-refractivity contribution < 1.29 is 49.5 Å². The van der Waals surface area contributed by atoms with Gasteiger partial charge in [-0.1, -0.05) is 12.1 Å². The minimum Gasteiger partial charge on any atom is -0.544 e. The number of hydrogen-bond donors (Lipinski definition) is 0. The minimum atomic E-state index is -1.93. The Bertz CT molecular complexity index is 1030. The molecule has 170 valence electrons. The molecule has 0 spiro atoms. The summed E-state index contributed by atoms with van der Waals surface area (Å²) in [5.74, 6) is -5.35. The van der Waals surface area contributed by atoms with Crippen LogP contribution in [0.3, 0.4) is 0 Å². The Morgan fingerprint density at radius 1 is 0.636 bits per heavy atom. The second-order valence-electron chi connectivity index (χ2n) is 5.02. The van der Waals surface area contributed by atoms with E-state index in [0.717, 1.165) is 36.4 Å². The van der Waals surface area contributed by atoms with Crippen LogP contribution < -0.4 is 19.9 Å². The van der Waals surface area contributed by atoms with Crippen molar-refractivity contribution in [3.8, 4) is 11.5 Å². The van der Waals surface area contributed by atoms with Crippen LogP contribution in [0.5, 0.6) is 11.5 Å². The van der Waals surface area contributed by atoms with Gasteiger partial charge in [0.1, 0.15) is 22.6 Å². The summed E-state index contributed by atoms with van der Waals surface area (Å²) in [5, 5.41) is 59.6. The normalized spacial score (nSPS) is 9.21. The van der Waals surface area contributed by atoms with Gasteiger partial charge in [-0.05, 0) is 12.1 Å². The Labute approximate surface area is 199 Å². The quantitative estimate of drug-likeness (QED) is 0.180. The van der Waals surface area contributed by atoms with Gasteiger partial charge in [0.15, 0.2) is 0 Å². The van der Waals surface area contributed by atoms with E-state index in [1.165, 1.54) is 0 Å². The van der Waals surface area contributed by atoms with Crippen molar-refractivity contribution in [1.29, 1.82) is 0 Å². The van der Waals surface area contributed by atoms with E-state index in [1.807, 2.05) is 0 Å². The van der Waals surface area contributed by atoms with Gasteiger partial charge in [-0.15, -0.1) is 20.2 Å². The predicted molar refractivity (Wildman–Crippen MR) is 95.9 cm³/mol. The zero-order chi connectivity index (χ0) is 24.6. The molecule has 2 aromatic rings. The number of hydrogen-bond acceptors (Lipinski definition) is 14. The molecule has 0 saturated carbocycles. The van der Waals surface area contributed by atoms with Crippen molar-refractivity contribution in [2.24, 2.45) is 0 Å². The van der Waals surface area contributed by atoms with E-state index in [-0.39, 0.29) is 27.3 Å². The van der Waals surface area contributed by atoms with E-state index in [1.54, 1.807) is 0 Å². The molecule has 0 aromatic heterocycles. The molecule has 0 aliphatic carbocycles. The van der Waals surface area contributed by atoms with E-state index < -0.39 is 66.0 Å². The number of aromatic carboxylic acids is 2. The predicted octanol–water partition coefficient (Wildman–Crippen LogP) is -1.32. The number of carboxylic acids is 2. The molecule has 0 heterocycles. The number of carbonyl (C=O) groups is 2. The molecule has 19 heteroatoms. The van der Waals surface area contributed by atoms with Crippen LogP contribution in [0.15, 0.2) is 36.4 Å². The van der Waals surface area contributed by atoms with Gasteiger partial charge in [0.05, 0.1) is 21.8 Å². The van der Waals surface area contributed by atoms with Crippen LogP contribution in [0.1, 0.15) is 20.7 Å². The second-order valence-corrected chi connectivity index (χ2v) is 5.02. The molecule has 33 heavy (non-hydrogen) atoms. The van der Waals surface area contributed by atoms with Crippen molar-refractivity contribution in [3.63, 3.8) is 0 Å². The summed E-state index contributed by atoms with van der Waals surface area (Å²) in [6, 6.07) is 5.70. The summed E-state index contributed by atoms with van der Waals surface area (Å²) in [7, 11) is 0. The van der Waals surface area contributed by atoms with Crippen molar-refractivity contribution in [1.82, 2.24) is 0 Å². The van der Waals surface area contributed by atoms with Crippen molar-refractivity contribution in [2.45, 2.75) is 0 Å². The standard InChI is InChI=1S/2C7H4N2O7.Pb/c2*10-7(11)6-4(8(12)13)2-1-3-5(6)16-9(14)15;/h2*1-3H,(H,10,11);/q;;+2/p-2. The van der Waals surface area contributed by atoms with Crippen LogP contribution in [-0.2, 0) is 0 Å². The SMILES string of the molecule is O=C([O-])c1c(O[N+](=O)[O-])cccc1[N+](=O)[O-].O=C([O-])c1c(O[N+](=O)[O-])cccc1[N+](=O)[O-].[Pb+2]. The first-order chi connectivity index (χ1) is 14.9. The molecule has 0 bridgehead atoms. The molecule has 0 unspecified atom stereocenters. The van der Waals surface area contributed by atoms with Gasteiger partial charge >= 0.3 is 27.3 Å². The molecule has 0 amide bonds. The van der Waals surface area contributed by atoms with Crippen LogP contribution in [0.2, 0.25) is 0 Å². The fourth-order valence-corrected chi connectivity index (χ4v) is 2.07. The maximum atomic E-state index is 10.6. The topological polar surface area (TPSA) is 271 Å². The second kappa shape index (κ2) is 12.4. The molecular formula is C14H6N4O14Pb. The summed E-state index contributed by atoms with van der Waals surface area (Å²) in [6.45, 7) is 0. The molecule has 0 fully saturated rings. The van der Waals surface area contributed by atoms with Crippen LogP contribution in [-0.4, -0.2) is 59.3 Å². The maximum Gasteiger partial charge on any atom is 2.00 e. The number of nitro benzene ring substituents is 2. The largest absolute Gasteiger partial charge is 2.00 e. The zero-order valence-corrected chi connectivity index (χ0v) is 19.4. The van der Waals surface area contributed by atoms with Crippen LogP contribution in [0.4, 0.5) is 11.4 Å². The number of nitrogens with zero attached hydrogens (tertiary/aromatic N) is 4. The molecular weight excluding hydrogens is 655 g/mol. The van der Waals surface area contributed by atoms with Gasteiger partial charge in [0.25, 0.3) is 21.5 Å². The minimum absolute atomic E-state index is 0. The van der Waals surface area contributed by atoms with Crippen molar-refractivity contribution >= 4 is 50.6 Å². The summed E-state index contributed by atoms with van der Waals surface area (Å²) in [6.07, 6.45) is 0. The summed E-state index contributed by atoms with van der Waals surface area (Å²) in [5.41, 5.74) is -3.60. The van der Waals surface area contributed by atoms with Crippen LogP contribution >= 0.6 is 0 Å². The van der Waals surface area contributed by atoms with Gasteiger partial charge in [0.2, 0.25) is 0 Å². The number of rotatable bonds is 8. The maximum absolute atomic E-state index is 10.6. The number of benzene rings is 2. The van der Waals surface area contributed by atoms with Crippen molar-refractivity contribution in [2.75, 3.05) is 0 Å². The Morgan fingerprint density at radius 2 is 0.939 bits per heavy atom. The van der Waals surface area contributed by atoms with E-state index in [4.69, 9.17) is 0 Å². The molecule has 2 rings (SSSR count). The molecule has 0 saturated heterocycles. The zero-order valence-electron chi connectivity index (χ0n) is 15.5. The first-order valence-corrected chi connectivity index (χ1v) is 7.49. The van der Waals surface area contributed by atoms with Crippen LogP contribution in [0.25, 0.3) is 0 Å². The number of carboxylic acid groups (broad SMARTS) is 2. The third-order valence-corrected chi connectivity index (χ3v) is 3.16.